The van der Waals surface area contributed by atoms with Gasteiger partial charge in [0.15, 0.2) is 0 Å². The summed E-state index contributed by atoms with van der Waals surface area (Å²) in [6, 6.07) is 4.04. The first kappa shape index (κ1) is 21.0. The van der Waals surface area contributed by atoms with Crippen molar-refractivity contribution in [3.05, 3.63) is 43.9 Å². The van der Waals surface area contributed by atoms with E-state index < -0.39 is 21.8 Å². The molecule has 0 unspecified atom stereocenters. The summed E-state index contributed by atoms with van der Waals surface area (Å²) in [5, 5.41) is 2.59. The minimum Gasteiger partial charge on any atom is -0.383 e. The van der Waals surface area contributed by atoms with Gasteiger partial charge in [-0.05, 0) is 50.1 Å². The van der Waals surface area contributed by atoms with Crippen molar-refractivity contribution >= 4 is 65.0 Å². The molecule has 2 heterocycles. The lowest BCUT2D eigenvalue weighted by molar-refractivity contribution is 0.0929. The molecule has 26 heavy (non-hydrogen) atoms. The van der Waals surface area contributed by atoms with Gasteiger partial charge >= 0.3 is 0 Å². The highest BCUT2D eigenvalue weighted by atomic mass is 79.9. The van der Waals surface area contributed by atoms with Crippen LogP contribution in [0.4, 0.5) is 0 Å². The number of pyridine rings is 1. The monoisotopic (exact) mass is 525 g/mol. The summed E-state index contributed by atoms with van der Waals surface area (Å²) in [6.07, 6.45) is 1.14. The Hall–Kier alpha value is -1.34. The topological polar surface area (TPSA) is 114 Å². The second-order valence-electron chi connectivity index (χ2n) is 4.80. The Kier molecular flexibility index (Phi) is 7.29. The Balaban J connectivity index is 2.06. The minimum atomic E-state index is -4.01. The number of hydrogen-bond acceptors (Lipinski definition) is 7. The van der Waals surface area contributed by atoms with Crippen LogP contribution in [0.1, 0.15) is 20.8 Å². The Morgan fingerprint density at radius 1 is 1.27 bits per heavy atom. The number of carbonyl (C=O) groups is 2. The van der Waals surface area contributed by atoms with Crippen LogP contribution in [0.5, 0.6) is 0 Å². The van der Waals surface area contributed by atoms with Gasteiger partial charge in [0.25, 0.3) is 21.8 Å². The number of sulfonamides is 1. The molecule has 2 rings (SSSR count). The highest BCUT2D eigenvalue weighted by Crippen LogP contribution is 2.34. The highest BCUT2D eigenvalue weighted by Gasteiger charge is 2.22. The highest BCUT2D eigenvalue weighted by molar-refractivity contribution is 9.13. The number of nitrogens with zero attached hydrogens (tertiary/aromatic N) is 1. The predicted octanol–water partition coefficient (Wildman–Crippen LogP) is 2.16. The number of carbonyl (C=O) groups excluding carboxylic acids is 2. The van der Waals surface area contributed by atoms with Crippen molar-refractivity contribution in [3.63, 3.8) is 0 Å². The summed E-state index contributed by atoms with van der Waals surface area (Å²) in [6.45, 7) is 0.683. The lowest BCUT2D eigenvalue weighted by atomic mass is 10.2. The number of halogens is 2. The van der Waals surface area contributed by atoms with Gasteiger partial charge in [0.05, 0.1) is 16.0 Å². The molecule has 0 saturated carbocycles. The van der Waals surface area contributed by atoms with Crippen LogP contribution >= 0.6 is 43.2 Å². The van der Waals surface area contributed by atoms with E-state index >= 15 is 0 Å². The molecular weight excluding hydrogens is 514 g/mol. The fourth-order valence-corrected chi connectivity index (χ4v) is 5.50. The van der Waals surface area contributed by atoms with Crippen LogP contribution in [0.15, 0.2) is 36.9 Å². The van der Waals surface area contributed by atoms with Crippen molar-refractivity contribution in [1.29, 1.82) is 0 Å². The van der Waals surface area contributed by atoms with Crippen LogP contribution in [0.25, 0.3) is 0 Å². The lowest BCUT2D eigenvalue weighted by Crippen LogP contribution is -2.30. The Morgan fingerprint density at radius 3 is 2.54 bits per heavy atom. The maximum Gasteiger partial charge on any atom is 0.273 e. The predicted molar refractivity (Wildman–Crippen MR) is 103 cm³/mol. The first-order valence-electron chi connectivity index (χ1n) is 7.00. The van der Waals surface area contributed by atoms with E-state index in [0.717, 1.165) is 17.5 Å². The molecule has 2 N–H and O–H groups in total. The van der Waals surface area contributed by atoms with Crippen molar-refractivity contribution in [2.45, 2.75) is 4.21 Å². The molecule has 0 bridgehead atoms. The fourth-order valence-electron chi connectivity index (χ4n) is 1.71. The molecule has 12 heteroatoms. The molecule has 8 nitrogen and oxygen atoms in total. The molecular formula is C14H13Br2N3O5S2. The molecule has 0 fully saturated rings. The summed E-state index contributed by atoms with van der Waals surface area (Å²) < 4.78 is 32.4. The van der Waals surface area contributed by atoms with Gasteiger partial charge in [-0.25, -0.2) is 13.1 Å². The maximum atomic E-state index is 12.2. The summed E-state index contributed by atoms with van der Waals surface area (Å²) >= 11 is 7.36. The molecule has 0 aromatic carbocycles. The number of rotatable bonds is 7. The standard InChI is InChI=1S/C14H13Br2N3O5S2/c1-24-5-4-17-14(21)10-3-2-8(7-18-10)13(20)19-26(22,23)11-6-9(15)12(16)25-11/h2-3,6-7H,4-5H2,1H3,(H,17,21)(H,19,20). The molecule has 2 aromatic heterocycles. The number of hydrogen-bond donors (Lipinski definition) is 2. The van der Waals surface area contributed by atoms with Crippen LogP contribution in [-0.2, 0) is 14.8 Å². The van der Waals surface area contributed by atoms with E-state index in [4.69, 9.17) is 4.74 Å². The number of thiophene rings is 1. The zero-order chi connectivity index (χ0) is 19.3. The smallest absolute Gasteiger partial charge is 0.273 e. The lowest BCUT2D eigenvalue weighted by Gasteiger charge is -2.06. The van der Waals surface area contributed by atoms with Crippen molar-refractivity contribution in [3.8, 4) is 0 Å². The van der Waals surface area contributed by atoms with E-state index in [-0.39, 0.29) is 15.5 Å². The van der Waals surface area contributed by atoms with Crippen LogP contribution in [0.2, 0.25) is 0 Å². The molecule has 0 radical (unpaired) electrons. The average Bonchev–Trinajstić information content (AvgIpc) is 2.95. The van der Waals surface area contributed by atoms with Gasteiger partial charge < -0.3 is 10.1 Å². The van der Waals surface area contributed by atoms with Crippen LogP contribution in [-0.4, -0.2) is 45.5 Å². The molecule has 0 saturated heterocycles. The molecule has 0 aliphatic heterocycles. The second kappa shape index (κ2) is 9.04. The zero-order valence-corrected chi connectivity index (χ0v) is 18.1. The summed E-state index contributed by atoms with van der Waals surface area (Å²) in [7, 11) is -2.50. The minimum absolute atomic E-state index is 0.0108. The molecule has 2 aromatic rings. The average molecular weight is 527 g/mol. The number of aromatic nitrogens is 1. The normalized spacial score (nSPS) is 11.2. The summed E-state index contributed by atoms with van der Waals surface area (Å²) in [5.41, 5.74) is 0.114. The first-order chi connectivity index (χ1) is 12.2. The van der Waals surface area contributed by atoms with Crippen LogP contribution < -0.4 is 10.0 Å². The largest absolute Gasteiger partial charge is 0.383 e. The van der Waals surface area contributed by atoms with Crippen molar-refractivity contribution in [2.24, 2.45) is 0 Å². The van der Waals surface area contributed by atoms with Crippen molar-refractivity contribution in [2.75, 3.05) is 20.3 Å². The maximum absolute atomic E-state index is 12.2. The van der Waals surface area contributed by atoms with E-state index in [9.17, 15) is 18.0 Å². The SMILES string of the molecule is COCCNC(=O)c1ccc(C(=O)NS(=O)(=O)c2cc(Br)c(Br)s2)cn1. The van der Waals surface area contributed by atoms with E-state index in [0.29, 0.717) is 21.4 Å². The molecule has 0 atom stereocenters. The van der Waals surface area contributed by atoms with Gasteiger partial charge in [-0.2, -0.15) is 0 Å². The van der Waals surface area contributed by atoms with Crippen LogP contribution in [0, 0.1) is 0 Å². The van der Waals surface area contributed by atoms with Crippen molar-refractivity contribution < 1.29 is 22.7 Å². The summed E-state index contributed by atoms with van der Waals surface area (Å²) in [5.74, 6) is -1.26. The number of methoxy groups -OCH3 is 1. The molecule has 0 aliphatic rings. The van der Waals surface area contributed by atoms with Crippen LogP contribution in [0.3, 0.4) is 0 Å². The van der Waals surface area contributed by atoms with Gasteiger partial charge in [0.2, 0.25) is 0 Å². The fraction of sp³-hybridized carbons (Fsp3) is 0.214. The first-order valence-corrected chi connectivity index (χ1v) is 10.9. The van der Waals surface area contributed by atoms with Gasteiger partial charge in [-0.1, -0.05) is 0 Å². The Bertz CT molecular complexity index is 894. The number of nitrogens with one attached hydrogen (secondary N) is 2. The Morgan fingerprint density at radius 2 is 2.00 bits per heavy atom. The third-order valence-corrected chi connectivity index (χ3v) is 8.03. The number of ether oxygens (including phenoxy) is 1. The van der Waals surface area contributed by atoms with Gasteiger partial charge in [0.1, 0.15) is 9.90 Å². The van der Waals surface area contributed by atoms with Gasteiger partial charge in [-0.15, -0.1) is 11.3 Å². The zero-order valence-electron chi connectivity index (χ0n) is 13.3. The third-order valence-electron chi connectivity index (χ3n) is 2.96. The Labute approximate surface area is 170 Å². The van der Waals surface area contributed by atoms with E-state index in [1.807, 2.05) is 4.72 Å². The molecule has 140 valence electrons. The van der Waals surface area contributed by atoms with Gasteiger partial charge in [-0.3, -0.25) is 14.6 Å². The van der Waals surface area contributed by atoms with Crippen molar-refractivity contribution in [1.82, 2.24) is 15.0 Å². The van der Waals surface area contributed by atoms with Gasteiger partial charge in [0, 0.05) is 24.3 Å². The quantitative estimate of drug-likeness (QED) is 0.534. The van der Waals surface area contributed by atoms with E-state index in [2.05, 4.69) is 42.2 Å². The third kappa shape index (κ3) is 5.33. The molecule has 0 spiro atoms. The van der Waals surface area contributed by atoms with E-state index in [1.54, 1.807) is 0 Å². The molecule has 2 amide bonds. The summed E-state index contributed by atoms with van der Waals surface area (Å²) in [4.78, 5) is 27.8. The second-order valence-corrected chi connectivity index (χ2v) is 9.94. The molecule has 0 aliphatic carbocycles. The van der Waals surface area contributed by atoms with E-state index in [1.165, 1.54) is 25.3 Å². The number of amides is 2.